The van der Waals surface area contributed by atoms with E-state index in [2.05, 4.69) is 66.3 Å². The fourth-order valence-electron chi connectivity index (χ4n) is 3.44. The van der Waals surface area contributed by atoms with Gasteiger partial charge in [-0.3, -0.25) is 0 Å². The number of rotatable bonds is 9. The highest BCUT2D eigenvalue weighted by Crippen LogP contribution is 2.15. The maximum absolute atomic E-state index is 13.0. The molecule has 0 aliphatic rings. The topological polar surface area (TPSA) is 37.3 Å². The summed E-state index contributed by atoms with van der Waals surface area (Å²) in [5.74, 6) is 0. The molecule has 0 bridgehead atoms. The third-order valence-corrected chi connectivity index (χ3v) is 5.22. The van der Waals surface area contributed by atoms with E-state index in [1.807, 2.05) is 35.2 Å². The monoisotopic (exact) mass is 389 g/mol. The van der Waals surface area contributed by atoms with Crippen LogP contribution >= 0.6 is 0 Å². The number of carbonyl (C=O) groups is 1. The van der Waals surface area contributed by atoms with Crippen LogP contribution < -0.4 is 5.32 Å². The molecule has 0 unspecified atom stereocenters. The van der Waals surface area contributed by atoms with Crippen molar-refractivity contribution in [3.8, 4) is 0 Å². The first-order valence-electron chi connectivity index (χ1n) is 10.5. The lowest BCUT2D eigenvalue weighted by atomic mass is 10.1. The van der Waals surface area contributed by atoms with Gasteiger partial charge >= 0.3 is 6.03 Å². The Balaban J connectivity index is 1.73. The van der Waals surface area contributed by atoms with Crippen molar-refractivity contribution >= 4 is 11.7 Å². The third kappa shape index (κ3) is 5.98. The number of hydrogen-bond donors (Lipinski definition) is 1. The Hall–Kier alpha value is -3.01. The molecule has 0 saturated carbocycles. The van der Waals surface area contributed by atoms with Gasteiger partial charge in [0.2, 0.25) is 0 Å². The third-order valence-electron chi connectivity index (χ3n) is 5.22. The van der Waals surface area contributed by atoms with Crippen LogP contribution in [0.15, 0.2) is 72.9 Å². The van der Waals surface area contributed by atoms with Crippen molar-refractivity contribution in [2.75, 3.05) is 11.9 Å². The lowest BCUT2D eigenvalue weighted by Crippen LogP contribution is -2.36. The van der Waals surface area contributed by atoms with Gasteiger partial charge in [0.25, 0.3) is 0 Å². The molecule has 1 heterocycles. The molecule has 0 aliphatic carbocycles. The van der Waals surface area contributed by atoms with Crippen LogP contribution in [0, 0.1) is 6.92 Å². The van der Waals surface area contributed by atoms with Crippen molar-refractivity contribution in [1.29, 1.82) is 0 Å². The number of anilines is 1. The molecular formula is C25H31N3O. The second kappa shape index (κ2) is 10.5. The molecule has 4 nitrogen and oxygen atoms in total. The van der Waals surface area contributed by atoms with Gasteiger partial charge in [-0.1, -0.05) is 62.2 Å². The number of urea groups is 1. The average molecular weight is 390 g/mol. The number of carbonyl (C=O) groups excluding carboxylic acids is 1. The van der Waals surface area contributed by atoms with Gasteiger partial charge in [-0.15, -0.1) is 0 Å². The zero-order valence-electron chi connectivity index (χ0n) is 17.5. The van der Waals surface area contributed by atoms with Crippen molar-refractivity contribution in [3.63, 3.8) is 0 Å². The second-order valence-electron chi connectivity index (χ2n) is 7.48. The zero-order chi connectivity index (χ0) is 20.5. The number of nitrogens with one attached hydrogen (secondary N) is 1. The molecule has 1 aromatic heterocycles. The Morgan fingerprint density at radius 3 is 2.48 bits per heavy atom. The minimum Gasteiger partial charge on any atom is -0.345 e. The SMILES string of the molecule is CCCCCN(Cc1cccn1Cc1ccccc1C)C(=O)Nc1ccccc1. The minimum absolute atomic E-state index is 0.0454. The summed E-state index contributed by atoms with van der Waals surface area (Å²) >= 11 is 0. The number of para-hydroxylation sites is 1. The summed E-state index contributed by atoms with van der Waals surface area (Å²) < 4.78 is 2.24. The molecule has 1 N–H and O–H groups in total. The van der Waals surface area contributed by atoms with Crippen LogP contribution in [0.2, 0.25) is 0 Å². The molecule has 2 amide bonds. The molecular weight excluding hydrogens is 358 g/mol. The highest BCUT2D eigenvalue weighted by molar-refractivity contribution is 5.89. The summed E-state index contributed by atoms with van der Waals surface area (Å²) in [4.78, 5) is 14.9. The summed E-state index contributed by atoms with van der Waals surface area (Å²) in [7, 11) is 0. The van der Waals surface area contributed by atoms with Gasteiger partial charge < -0.3 is 14.8 Å². The Bertz CT molecular complexity index is 901. The molecule has 3 rings (SSSR count). The van der Waals surface area contributed by atoms with E-state index in [4.69, 9.17) is 0 Å². The van der Waals surface area contributed by atoms with Gasteiger partial charge in [0.05, 0.1) is 6.54 Å². The quantitative estimate of drug-likeness (QED) is 0.443. The molecule has 4 heteroatoms. The molecule has 0 fully saturated rings. The number of benzene rings is 2. The second-order valence-corrected chi connectivity index (χ2v) is 7.48. The molecule has 0 spiro atoms. The van der Waals surface area contributed by atoms with Crippen LogP contribution in [0.25, 0.3) is 0 Å². The van der Waals surface area contributed by atoms with Gasteiger partial charge in [0, 0.05) is 30.7 Å². The van der Waals surface area contributed by atoms with Gasteiger partial charge in [-0.25, -0.2) is 4.79 Å². The molecule has 29 heavy (non-hydrogen) atoms. The Morgan fingerprint density at radius 1 is 0.966 bits per heavy atom. The van der Waals surface area contributed by atoms with E-state index in [9.17, 15) is 4.79 Å². The predicted octanol–water partition coefficient (Wildman–Crippen LogP) is 6.07. The number of aromatic nitrogens is 1. The van der Waals surface area contributed by atoms with E-state index in [-0.39, 0.29) is 6.03 Å². The van der Waals surface area contributed by atoms with Gasteiger partial charge in [-0.05, 0) is 48.7 Å². The highest BCUT2D eigenvalue weighted by atomic mass is 16.2. The normalized spacial score (nSPS) is 10.7. The first-order valence-corrected chi connectivity index (χ1v) is 10.5. The van der Waals surface area contributed by atoms with Crippen LogP contribution in [-0.2, 0) is 13.1 Å². The van der Waals surface area contributed by atoms with Crippen molar-refractivity contribution < 1.29 is 4.79 Å². The molecule has 152 valence electrons. The smallest absolute Gasteiger partial charge is 0.322 e. The predicted molar refractivity (Wildman–Crippen MR) is 120 cm³/mol. The Kier molecular flexibility index (Phi) is 7.51. The fourth-order valence-corrected chi connectivity index (χ4v) is 3.44. The van der Waals surface area contributed by atoms with Crippen LogP contribution in [0.3, 0.4) is 0 Å². The van der Waals surface area contributed by atoms with Crippen molar-refractivity contribution in [2.45, 2.75) is 46.2 Å². The van der Waals surface area contributed by atoms with Gasteiger partial charge in [-0.2, -0.15) is 0 Å². The first kappa shape index (κ1) is 20.7. The fraction of sp³-hybridized carbons (Fsp3) is 0.320. The lowest BCUT2D eigenvalue weighted by Gasteiger charge is -2.24. The summed E-state index contributed by atoms with van der Waals surface area (Å²) in [5.41, 5.74) is 4.56. The Morgan fingerprint density at radius 2 is 1.72 bits per heavy atom. The van der Waals surface area contributed by atoms with Crippen molar-refractivity contribution in [2.24, 2.45) is 0 Å². The lowest BCUT2D eigenvalue weighted by molar-refractivity contribution is 0.206. The standard InChI is InChI=1S/C25H31N3O/c1-3-4-10-17-28(25(29)26-23-14-6-5-7-15-23)20-24-16-11-18-27(24)19-22-13-9-8-12-21(22)2/h5-9,11-16,18H,3-4,10,17,19-20H2,1-2H3,(H,26,29). The van der Waals surface area contributed by atoms with Crippen LogP contribution in [-0.4, -0.2) is 22.0 Å². The molecule has 0 atom stereocenters. The maximum Gasteiger partial charge on any atom is 0.322 e. The van der Waals surface area contributed by atoms with Crippen LogP contribution in [0.1, 0.15) is 43.0 Å². The van der Waals surface area contributed by atoms with Crippen molar-refractivity contribution in [3.05, 3.63) is 89.7 Å². The van der Waals surface area contributed by atoms with Crippen molar-refractivity contribution in [1.82, 2.24) is 9.47 Å². The Labute approximate surface area is 174 Å². The number of amides is 2. The van der Waals surface area contributed by atoms with Crippen LogP contribution in [0.4, 0.5) is 10.5 Å². The van der Waals surface area contributed by atoms with Gasteiger partial charge in [0.1, 0.15) is 0 Å². The number of nitrogens with zero attached hydrogens (tertiary/aromatic N) is 2. The molecule has 0 saturated heterocycles. The molecule has 0 radical (unpaired) electrons. The maximum atomic E-state index is 13.0. The number of aryl methyl sites for hydroxylation is 1. The summed E-state index contributed by atoms with van der Waals surface area (Å²) in [6.07, 6.45) is 5.37. The largest absolute Gasteiger partial charge is 0.345 e. The van der Waals surface area contributed by atoms with E-state index < -0.39 is 0 Å². The number of hydrogen-bond acceptors (Lipinski definition) is 1. The molecule has 3 aromatic rings. The molecule has 0 aliphatic heterocycles. The van der Waals surface area contributed by atoms with Gasteiger partial charge in [0.15, 0.2) is 0 Å². The summed E-state index contributed by atoms with van der Waals surface area (Å²) in [6, 6.07) is 22.2. The summed E-state index contributed by atoms with van der Waals surface area (Å²) in [6.45, 7) is 6.49. The molecule has 2 aromatic carbocycles. The highest BCUT2D eigenvalue weighted by Gasteiger charge is 2.16. The van der Waals surface area contributed by atoms with E-state index >= 15 is 0 Å². The van der Waals surface area contributed by atoms with E-state index in [0.29, 0.717) is 6.54 Å². The minimum atomic E-state index is -0.0454. The van der Waals surface area contributed by atoms with Crippen LogP contribution in [0.5, 0.6) is 0 Å². The number of unbranched alkanes of at least 4 members (excludes halogenated alkanes) is 2. The van der Waals surface area contributed by atoms with E-state index in [0.717, 1.165) is 43.7 Å². The summed E-state index contributed by atoms with van der Waals surface area (Å²) in [5, 5.41) is 3.04. The first-order chi connectivity index (χ1) is 14.2. The zero-order valence-corrected chi connectivity index (χ0v) is 17.5. The van der Waals surface area contributed by atoms with E-state index in [1.165, 1.54) is 11.1 Å². The average Bonchev–Trinajstić information content (AvgIpc) is 3.16. The van der Waals surface area contributed by atoms with E-state index in [1.54, 1.807) is 0 Å².